The molecule has 0 radical (unpaired) electrons. The van der Waals surface area contributed by atoms with E-state index in [0.717, 1.165) is 4.31 Å². The lowest BCUT2D eigenvalue weighted by atomic mass is 10.0. The first-order valence-electron chi connectivity index (χ1n) is 11.4. The number of nitrogens with zero attached hydrogens (tertiary/aromatic N) is 3. The fourth-order valence-corrected chi connectivity index (χ4v) is 5.48. The molecular formula is C24H31N5O6S. The number of carbonyl (C=O) groups is 3. The van der Waals surface area contributed by atoms with Crippen LogP contribution in [0.5, 0.6) is 0 Å². The monoisotopic (exact) mass is 517 g/mol. The number of carboxylic acids is 1. The number of sulfonamides is 1. The minimum Gasteiger partial charge on any atom is -0.478 e. The Morgan fingerprint density at radius 3 is 2.31 bits per heavy atom. The first-order chi connectivity index (χ1) is 16.8. The summed E-state index contributed by atoms with van der Waals surface area (Å²) in [6, 6.07) is 4.31. The van der Waals surface area contributed by atoms with E-state index < -0.39 is 34.0 Å². The van der Waals surface area contributed by atoms with E-state index in [1.165, 1.54) is 42.9 Å². The predicted octanol–water partition coefficient (Wildman–Crippen LogP) is 1.87. The third-order valence-corrected chi connectivity index (χ3v) is 8.26. The molecule has 1 aromatic heterocycles. The van der Waals surface area contributed by atoms with Crippen molar-refractivity contribution in [3.8, 4) is 0 Å². The third kappa shape index (κ3) is 4.43. The number of amides is 2. The van der Waals surface area contributed by atoms with Gasteiger partial charge in [0, 0.05) is 36.7 Å². The maximum absolute atomic E-state index is 13.0. The summed E-state index contributed by atoms with van der Waals surface area (Å²) in [7, 11) is -0.951. The molecule has 0 spiro atoms. The fourth-order valence-electron chi connectivity index (χ4n) is 4.55. The smallest absolute Gasteiger partial charge is 0.337 e. The lowest BCUT2D eigenvalue weighted by Crippen LogP contribution is -2.42. The van der Waals surface area contributed by atoms with Crippen molar-refractivity contribution in [2.24, 2.45) is 5.73 Å². The molecule has 1 aromatic carbocycles. The second-order valence-electron chi connectivity index (χ2n) is 8.65. The summed E-state index contributed by atoms with van der Waals surface area (Å²) in [5.41, 5.74) is 7.68. The van der Waals surface area contributed by atoms with Gasteiger partial charge >= 0.3 is 5.97 Å². The Balaban J connectivity index is 2.35. The van der Waals surface area contributed by atoms with Crippen LogP contribution in [0, 0.1) is 13.8 Å². The van der Waals surface area contributed by atoms with Crippen LogP contribution in [0.2, 0.25) is 0 Å². The number of rotatable bonds is 9. The van der Waals surface area contributed by atoms with E-state index in [2.05, 4.69) is 5.32 Å². The van der Waals surface area contributed by atoms with Gasteiger partial charge in [-0.1, -0.05) is 13.8 Å². The highest BCUT2D eigenvalue weighted by atomic mass is 32.2. The summed E-state index contributed by atoms with van der Waals surface area (Å²) < 4.78 is 28.0. The normalized spacial score (nSPS) is 15.4. The van der Waals surface area contributed by atoms with Crippen LogP contribution in [0.1, 0.15) is 52.9 Å². The number of aromatic nitrogens is 1. The van der Waals surface area contributed by atoms with E-state index in [-0.39, 0.29) is 16.0 Å². The van der Waals surface area contributed by atoms with Crippen LogP contribution < -0.4 is 11.1 Å². The van der Waals surface area contributed by atoms with E-state index in [0.29, 0.717) is 41.3 Å². The Labute approximate surface area is 210 Å². The van der Waals surface area contributed by atoms with Gasteiger partial charge in [-0.2, -0.15) is 0 Å². The highest BCUT2D eigenvalue weighted by Gasteiger charge is 2.33. The second kappa shape index (κ2) is 9.88. The van der Waals surface area contributed by atoms with Gasteiger partial charge in [-0.3, -0.25) is 14.5 Å². The van der Waals surface area contributed by atoms with Gasteiger partial charge in [0.2, 0.25) is 10.0 Å². The van der Waals surface area contributed by atoms with Gasteiger partial charge in [0.25, 0.3) is 11.8 Å². The van der Waals surface area contributed by atoms with Gasteiger partial charge in [-0.05, 0) is 56.8 Å². The highest BCUT2D eigenvalue weighted by Crippen LogP contribution is 2.37. The Kier molecular flexibility index (Phi) is 7.44. The zero-order valence-corrected chi connectivity index (χ0v) is 21.9. The summed E-state index contributed by atoms with van der Waals surface area (Å²) in [5, 5.41) is 12.6. The second-order valence-corrected chi connectivity index (χ2v) is 10.8. The minimum absolute atomic E-state index is 0.00122. The molecule has 194 valence electrons. The van der Waals surface area contributed by atoms with E-state index in [1.54, 1.807) is 18.7 Å². The van der Waals surface area contributed by atoms with Gasteiger partial charge in [0.05, 0.1) is 16.0 Å². The van der Waals surface area contributed by atoms with E-state index in [9.17, 15) is 27.9 Å². The van der Waals surface area contributed by atoms with Crippen molar-refractivity contribution in [2.75, 3.05) is 32.5 Å². The third-order valence-electron chi connectivity index (χ3n) is 6.45. The van der Waals surface area contributed by atoms with Crippen LogP contribution in [0.4, 0.5) is 5.69 Å². The number of nitrogens with two attached hydrogens (primary N) is 1. The fraction of sp³-hybridized carbons (Fsp3) is 0.375. The van der Waals surface area contributed by atoms with Gasteiger partial charge in [0.1, 0.15) is 0 Å². The lowest BCUT2D eigenvalue weighted by Gasteiger charge is -2.30. The number of benzene rings is 1. The van der Waals surface area contributed by atoms with Crippen LogP contribution >= 0.6 is 0 Å². The Morgan fingerprint density at radius 1 is 1.19 bits per heavy atom. The molecule has 0 bridgehead atoms. The standard InChI is InChI=1S/C24H31N5O6S/c1-7-28(8-2)23(21(25)30)29-14(4)20(24(32)33)13(3)19(29)12-17-16-11-15(36(34,35)27(5)6)9-10-18(16)26-22(17)31/h9-12,23H,7-8H2,1-6H3,(H2,25,30)(H,26,31)(H,32,33). The van der Waals surface area contributed by atoms with Gasteiger partial charge in [-0.25, -0.2) is 17.5 Å². The number of hydrogen-bond donors (Lipinski definition) is 3. The van der Waals surface area contributed by atoms with Crippen molar-refractivity contribution in [3.05, 3.63) is 46.3 Å². The number of aromatic carboxylic acids is 1. The zero-order valence-electron chi connectivity index (χ0n) is 21.1. The van der Waals surface area contributed by atoms with Crippen LogP contribution in [0.25, 0.3) is 11.6 Å². The number of hydrogen-bond acceptors (Lipinski definition) is 6. The van der Waals surface area contributed by atoms with Crippen molar-refractivity contribution in [2.45, 2.75) is 38.8 Å². The molecule has 2 heterocycles. The molecule has 0 saturated carbocycles. The minimum atomic E-state index is -3.77. The average Bonchev–Trinajstić information content (AvgIpc) is 3.23. The number of carbonyl (C=O) groups excluding carboxylic acids is 2. The highest BCUT2D eigenvalue weighted by molar-refractivity contribution is 7.89. The molecule has 1 unspecified atom stereocenters. The van der Waals surface area contributed by atoms with Crippen molar-refractivity contribution in [1.29, 1.82) is 0 Å². The Bertz CT molecular complexity index is 1390. The molecule has 4 N–H and O–H groups in total. The van der Waals surface area contributed by atoms with Gasteiger partial charge < -0.3 is 20.7 Å². The largest absolute Gasteiger partial charge is 0.478 e. The summed E-state index contributed by atoms with van der Waals surface area (Å²) in [4.78, 5) is 39.5. The van der Waals surface area contributed by atoms with E-state index in [1.807, 2.05) is 13.8 Å². The first kappa shape index (κ1) is 27.1. The molecule has 0 aliphatic carbocycles. The zero-order chi connectivity index (χ0) is 27.1. The molecule has 0 fully saturated rings. The number of fused-ring (bicyclic) bond motifs is 1. The summed E-state index contributed by atoms with van der Waals surface area (Å²) >= 11 is 0. The van der Waals surface area contributed by atoms with Gasteiger partial charge in [-0.15, -0.1) is 0 Å². The predicted molar refractivity (Wildman–Crippen MR) is 136 cm³/mol. The molecule has 3 rings (SSSR count). The van der Waals surface area contributed by atoms with Crippen LogP contribution in [0.3, 0.4) is 0 Å². The number of carboxylic acid groups (broad SMARTS) is 1. The molecule has 2 aromatic rings. The summed E-state index contributed by atoms with van der Waals surface area (Å²) in [6.45, 7) is 7.83. The van der Waals surface area contributed by atoms with Crippen LogP contribution in [0.15, 0.2) is 23.1 Å². The molecular weight excluding hydrogens is 486 g/mol. The summed E-state index contributed by atoms with van der Waals surface area (Å²) in [5.74, 6) is -2.34. The first-order valence-corrected chi connectivity index (χ1v) is 12.8. The summed E-state index contributed by atoms with van der Waals surface area (Å²) in [6.07, 6.45) is 0.490. The molecule has 36 heavy (non-hydrogen) atoms. The quantitative estimate of drug-likeness (QED) is 0.429. The maximum atomic E-state index is 13.0. The molecule has 1 aliphatic heterocycles. The van der Waals surface area contributed by atoms with Crippen LogP contribution in [-0.4, -0.2) is 72.3 Å². The molecule has 11 nitrogen and oxygen atoms in total. The molecule has 0 saturated heterocycles. The maximum Gasteiger partial charge on any atom is 0.337 e. The molecule has 1 atom stereocenters. The topological polar surface area (TPSA) is 155 Å². The van der Waals surface area contributed by atoms with E-state index in [4.69, 9.17) is 5.73 Å². The van der Waals surface area contributed by atoms with Crippen molar-refractivity contribution in [1.82, 2.24) is 13.8 Å². The van der Waals surface area contributed by atoms with Crippen LogP contribution in [-0.2, 0) is 19.6 Å². The Hall–Kier alpha value is -3.48. The lowest BCUT2D eigenvalue weighted by molar-refractivity contribution is -0.126. The Morgan fingerprint density at radius 2 is 1.81 bits per heavy atom. The van der Waals surface area contributed by atoms with Crippen molar-refractivity contribution >= 4 is 45.1 Å². The average molecular weight is 518 g/mol. The molecule has 1 aliphatic rings. The molecule has 12 heteroatoms. The van der Waals surface area contributed by atoms with Crippen molar-refractivity contribution in [3.63, 3.8) is 0 Å². The number of anilines is 1. The van der Waals surface area contributed by atoms with Crippen molar-refractivity contribution < 1.29 is 27.9 Å². The number of nitrogens with one attached hydrogen (secondary N) is 1. The number of primary amides is 1. The van der Waals surface area contributed by atoms with Gasteiger partial charge in [0.15, 0.2) is 6.17 Å². The molecule has 2 amide bonds. The SMILES string of the molecule is CCN(CC)C(C(N)=O)n1c(C)c(C(=O)O)c(C)c1C=C1C(=O)Nc2ccc(S(=O)(=O)N(C)C)cc21. The van der Waals surface area contributed by atoms with E-state index >= 15 is 0 Å². The number of likely N-dealkylation sites (N-methyl/N-ethyl adjacent to an activating group) is 1.